The van der Waals surface area contributed by atoms with Crippen LogP contribution >= 0.6 is 0 Å². The third-order valence-corrected chi connectivity index (χ3v) is 5.94. The predicted octanol–water partition coefficient (Wildman–Crippen LogP) is 4.90. The van der Waals surface area contributed by atoms with E-state index in [1.807, 2.05) is 18.6 Å². The molecule has 2 unspecified atom stereocenters. The Labute approximate surface area is 155 Å². The lowest BCUT2D eigenvalue weighted by molar-refractivity contribution is 0.114. The van der Waals surface area contributed by atoms with Crippen LogP contribution in [-0.4, -0.2) is 40.0 Å². The molecule has 26 heavy (non-hydrogen) atoms. The van der Waals surface area contributed by atoms with Gasteiger partial charge in [0.1, 0.15) is 0 Å². The second kappa shape index (κ2) is 7.12. The highest BCUT2D eigenvalue weighted by molar-refractivity contribution is 5.95. The van der Waals surface area contributed by atoms with Gasteiger partial charge in [-0.25, -0.2) is 0 Å². The molecule has 0 radical (unpaired) electrons. The normalized spacial score (nSPS) is 24.0. The van der Waals surface area contributed by atoms with Gasteiger partial charge >= 0.3 is 0 Å². The van der Waals surface area contributed by atoms with E-state index in [-0.39, 0.29) is 0 Å². The minimum absolute atomic E-state index is 0.506. The summed E-state index contributed by atoms with van der Waals surface area (Å²) in [4.78, 5) is 10.3. The highest BCUT2D eigenvalue weighted by atomic mass is 15.2. The Morgan fingerprint density at radius 3 is 2.96 bits per heavy atom. The molecule has 0 aliphatic carbocycles. The summed E-state index contributed by atoms with van der Waals surface area (Å²) < 4.78 is 0. The van der Waals surface area contributed by atoms with Crippen LogP contribution in [0.15, 0.2) is 48.9 Å². The predicted molar refractivity (Wildman–Crippen MR) is 109 cm³/mol. The fraction of sp³-hybridized carbons (Fsp3) is 0.409. The first-order valence-electron chi connectivity index (χ1n) is 9.65. The van der Waals surface area contributed by atoms with Crippen molar-refractivity contribution in [3.63, 3.8) is 0 Å². The second-order valence-electron chi connectivity index (χ2n) is 7.60. The third kappa shape index (κ3) is 3.21. The lowest BCUT2D eigenvalue weighted by atomic mass is 9.91. The summed E-state index contributed by atoms with van der Waals surface area (Å²) in [5.41, 5.74) is 4.67. The number of benzene rings is 1. The highest BCUT2D eigenvalue weighted by Crippen LogP contribution is 2.30. The average molecular weight is 348 g/mol. The Bertz CT molecular complexity index is 884. The first-order chi connectivity index (χ1) is 12.7. The molecule has 136 valence electrons. The van der Waals surface area contributed by atoms with Crippen LogP contribution in [0.1, 0.15) is 33.1 Å². The summed E-state index contributed by atoms with van der Waals surface area (Å²) in [6, 6.07) is 12.5. The average Bonchev–Trinajstić information content (AvgIpc) is 3.13. The summed E-state index contributed by atoms with van der Waals surface area (Å²) in [6.07, 6.45) is 9.46. The maximum atomic E-state index is 4.51. The molecule has 3 atom stereocenters. The number of hydrogen-bond donors (Lipinski definition) is 2. The van der Waals surface area contributed by atoms with E-state index in [1.54, 1.807) is 0 Å². The molecule has 4 nitrogen and oxygen atoms in total. The van der Waals surface area contributed by atoms with E-state index >= 15 is 0 Å². The first kappa shape index (κ1) is 17.1. The van der Waals surface area contributed by atoms with Gasteiger partial charge in [0.05, 0.1) is 5.69 Å². The van der Waals surface area contributed by atoms with Crippen molar-refractivity contribution in [2.75, 3.05) is 12.4 Å². The van der Waals surface area contributed by atoms with Crippen LogP contribution < -0.4 is 5.32 Å². The molecule has 0 saturated carbocycles. The van der Waals surface area contributed by atoms with Crippen LogP contribution in [0.5, 0.6) is 0 Å². The monoisotopic (exact) mass is 348 g/mol. The van der Waals surface area contributed by atoms with Crippen molar-refractivity contribution in [2.24, 2.45) is 0 Å². The number of rotatable bonds is 4. The molecule has 2 N–H and O–H groups in total. The molecule has 0 amide bonds. The Hall–Kier alpha value is -2.33. The lowest BCUT2D eigenvalue weighted by Gasteiger charge is -2.42. The molecule has 1 aliphatic heterocycles. The van der Waals surface area contributed by atoms with Crippen LogP contribution in [0.2, 0.25) is 0 Å². The molecule has 4 heteroatoms. The lowest BCUT2D eigenvalue weighted by Crippen LogP contribution is -2.48. The largest absolute Gasteiger partial charge is 0.381 e. The van der Waals surface area contributed by atoms with Crippen LogP contribution in [-0.2, 0) is 0 Å². The van der Waals surface area contributed by atoms with Crippen molar-refractivity contribution in [3.8, 4) is 11.1 Å². The Morgan fingerprint density at radius 2 is 2.12 bits per heavy atom. The minimum atomic E-state index is 0.506. The van der Waals surface area contributed by atoms with Gasteiger partial charge in [0.2, 0.25) is 0 Å². The third-order valence-electron chi connectivity index (χ3n) is 5.94. The maximum Gasteiger partial charge on any atom is 0.0535 e. The van der Waals surface area contributed by atoms with Gasteiger partial charge in [0.25, 0.3) is 0 Å². The quantitative estimate of drug-likeness (QED) is 0.704. The van der Waals surface area contributed by atoms with Gasteiger partial charge in [-0.2, -0.15) is 0 Å². The van der Waals surface area contributed by atoms with Gasteiger partial charge in [-0.05, 0) is 57.0 Å². The van der Waals surface area contributed by atoms with Crippen molar-refractivity contribution in [3.05, 3.63) is 48.9 Å². The molecule has 1 fully saturated rings. The van der Waals surface area contributed by atoms with Gasteiger partial charge in [-0.1, -0.05) is 19.1 Å². The molecule has 3 heterocycles. The fourth-order valence-electron chi connectivity index (χ4n) is 4.34. The molecule has 1 aliphatic rings. The number of aromatic nitrogens is 2. The zero-order chi connectivity index (χ0) is 18.1. The summed E-state index contributed by atoms with van der Waals surface area (Å²) >= 11 is 0. The second-order valence-corrected chi connectivity index (χ2v) is 7.60. The Balaban J connectivity index is 1.58. The van der Waals surface area contributed by atoms with Crippen LogP contribution in [0.25, 0.3) is 22.0 Å². The molecule has 2 aromatic heterocycles. The molecule has 0 spiro atoms. The molecule has 1 aromatic carbocycles. The summed E-state index contributed by atoms with van der Waals surface area (Å²) in [5, 5.41) is 4.99. The van der Waals surface area contributed by atoms with E-state index in [2.05, 4.69) is 71.4 Å². The molecule has 1 saturated heterocycles. The zero-order valence-corrected chi connectivity index (χ0v) is 15.9. The number of aromatic amines is 1. The molecule has 4 rings (SSSR count). The van der Waals surface area contributed by atoms with E-state index in [0.29, 0.717) is 18.1 Å². The number of hydrogen-bond acceptors (Lipinski definition) is 3. The number of anilines is 1. The number of fused-ring (bicyclic) bond motifs is 1. The summed E-state index contributed by atoms with van der Waals surface area (Å²) in [6.45, 7) is 4.62. The smallest absolute Gasteiger partial charge is 0.0535 e. The van der Waals surface area contributed by atoms with E-state index in [0.717, 1.165) is 16.8 Å². The topological polar surface area (TPSA) is 44.0 Å². The summed E-state index contributed by atoms with van der Waals surface area (Å²) in [5.74, 6) is 0. The standard InChI is InChI=1S/C22H28N4/c1-4-19-12-17(10-15(2)26(19)3)25-18-11-16(13-23-14-18)20-6-5-7-22-21(20)8-9-24-22/h5-9,11,13-15,17,19,24-25H,4,10,12H2,1-3H3/t15?,17-,19?/m0/s1. The SMILES string of the molecule is CCC1C[C@@H](Nc2cncc(-c3cccc4[nH]ccc34)c2)CC(C)N1C. The number of H-pyrrole nitrogens is 1. The Kier molecular flexibility index (Phi) is 4.68. The molecule has 0 bridgehead atoms. The minimum Gasteiger partial charge on any atom is -0.381 e. The van der Waals surface area contributed by atoms with Gasteiger partial charge in [0, 0.05) is 53.2 Å². The Morgan fingerprint density at radius 1 is 1.23 bits per heavy atom. The highest BCUT2D eigenvalue weighted by Gasteiger charge is 2.29. The number of likely N-dealkylation sites (tertiary alicyclic amines) is 1. The van der Waals surface area contributed by atoms with Crippen molar-refractivity contribution in [2.45, 2.75) is 51.2 Å². The zero-order valence-electron chi connectivity index (χ0n) is 15.9. The number of nitrogens with zero attached hydrogens (tertiary/aromatic N) is 2. The fourth-order valence-corrected chi connectivity index (χ4v) is 4.34. The van der Waals surface area contributed by atoms with Crippen molar-refractivity contribution in [1.82, 2.24) is 14.9 Å². The van der Waals surface area contributed by atoms with Crippen molar-refractivity contribution >= 4 is 16.6 Å². The van der Waals surface area contributed by atoms with E-state index < -0.39 is 0 Å². The molecular weight excluding hydrogens is 320 g/mol. The van der Waals surface area contributed by atoms with Crippen LogP contribution in [0.3, 0.4) is 0 Å². The maximum absolute atomic E-state index is 4.51. The van der Waals surface area contributed by atoms with E-state index in [9.17, 15) is 0 Å². The van der Waals surface area contributed by atoms with Crippen molar-refractivity contribution < 1.29 is 0 Å². The molecular formula is C22H28N4. The van der Waals surface area contributed by atoms with Gasteiger partial charge < -0.3 is 15.2 Å². The van der Waals surface area contributed by atoms with Crippen LogP contribution in [0.4, 0.5) is 5.69 Å². The molecule has 3 aromatic rings. The number of pyridine rings is 1. The number of nitrogens with one attached hydrogen (secondary N) is 2. The van der Waals surface area contributed by atoms with Gasteiger partial charge in [-0.3, -0.25) is 4.98 Å². The first-order valence-corrected chi connectivity index (χ1v) is 9.65. The van der Waals surface area contributed by atoms with Gasteiger partial charge in [0.15, 0.2) is 0 Å². The van der Waals surface area contributed by atoms with Crippen LogP contribution in [0, 0.1) is 0 Å². The van der Waals surface area contributed by atoms with Gasteiger partial charge in [-0.15, -0.1) is 0 Å². The summed E-state index contributed by atoms with van der Waals surface area (Å²) in [7, 11) is 2.26. The van der Waals surface area contributed by atoms with E-state index in [4.69, 9.17) is 0 Å². The van der Waals surface area contributed by atoms with E-state index in [1.165, 1.54) is 30.2 Å². The number of piperidine rings is 1. The van der Waals surface area contributed by atoms with Crippen molar-refractivity contribution in [1.29, 1.82) is 0 Å².